The lowest BCUT2D eigenvalue weighted by molar-refractivity contribution is -0.153. The molecule has 0 saturated carbocycles. The zero-order valence-corrected chi connectivity index (χ0v) is 18.5. The maximum atomic E-state index is 14.7. The molecule has 0 radical (unpaired) electrons. The van der Waals surface area contributed by atoms with Crippen LogP contribution in [0.15, 0.2) is 35.4 Å². The fourth-order valence-electron chi connectivity index (χ4n) is 3.81. The second kappa shape index (κ2) is 9.26. The van der Waals surface area contributed by atoms with Crippen LogP contribution in [0.3, 0.4) is 0 Å². The van der Waals surface area contributed by atoms with Crippen LogP contribution in [-0.4, -0.2) is 56.3 Å². The van der Waals surface area contributed by atoms with Gasteiger partial charge in [-0.05, 0) is 18.6 Å². The van der Waals surface area contributed by atoms with Crippen LogP contribution in [0.2, 0.25) is 0 Å². The first kappa shape index (κ1) is 25.2. The van der Waals surface area contributed by atoms with Crippen molar-refractivity contribution in [2.45, 2.75) is 38.1 Å². The van der Waals surface area contributed by atoms with Gasteiger partial charge in [0.05, 0.1) is 30.7 Å². The van der Waals surface area contributed by atoms with E-state index in [1.807, 2.05) is 0 Å². The Balaban J connectivity index is 1.92. The minimum atomic E-state index is -4.78. The standard InChI is InChI=1S/C22H18F5N5O4/c1-2-15(22(25,26)27)29-21(36)13-9-32(20-14(24)5-10(23)7-28-20)19-12(18(13)35)3-4-16(30-19)31-8-11(33)6-17(31)34/h3-5,7,9,11,15,33H,2,6,8H2,1H3,(H,29,36). The number of pyridine rings is 3. The summed E-state index contributed by atoms with van der Waals surface area (Å²) in [7, 11) is 0. The van der Waals surface area contributed by atoms with E-state index in [2.05, 4.69) is 9.97 Å². The Morgan fingerprint density at radius 1 is 1.28 bits per heavy atom. The number of hydrogen-bond donors (Lipinski definition) is 2. The Morgan fingerprint density at radius 3 is 2.58 bits per heavy atom. The van der Waals surface area contributed by atoms with E-state index in [0.717, 1.165) is 21.7 Å². The van der Waals surface area contributed by atoms with Gasteiger partial charge in [0, 0.05) is 12.3 Å². The third kappa shape index (κ3) is 4.63. The molecule has 1 aliphatic rings. The molecule has 2 atom stereocenters. The lowest BCUT2D eigenvalue weighted by Gasteiger charge is -2.21. The van der Waals surface area contributed by atoms with Crippen molar-refractivity contribution in [1.82, 2.24) is 19.9 Å². The van der Waals surface area contributed by atoms with Crippen LogP contribution >= 0.6 is 0 Å². The number of aliphatic hydroxyl groups is 1. The van der Waals surface area contributed by atoms with Crippen molar-refractivity contribution in [3.63, 3.8) is 0 Å². The molecule has 0 spiro atoms. The fraction of sp³-hybridized carbons (Fsp3) is 0.318. The quantitative estimate of drug-likeness (QED) is 0.508. The number of halogens is 5. The third-order valence-corrected chi connectivity index (χ3v) is 5.59. The number of nitrogens with zero attached hydrogens (tertiary/aromatic N) is 4. The first-order chi connectivity index (χ1) is 16.9. The number of fused-ring (bicyclic) bond motifs is 1. The minimum Gasteiger partial charge on any atom is -0.391 e. The van der Waals surface area contributed by atoms with Crippen LogP contribution in [0.4, 0.5) is 27.8 Å². The summed E-state index contributed by atoms with van der Waals surface area (Å²) < 4.78 is 68.5. The van der Waals surface area contributed by atoms with E-state index in [1.165, 1.54) is 13.0 Å². The van der Waals surface area contributed by atoms with Gasteiger partial charge in [-0.3, -0.25) is 23.9 Å². The van der Waals surface area contributed by atoms with E-state index in [1.54, 1.807) is 5.32 Å². The van der Waals surface area contributed by atoms with Gasteiger partial charge < -0.3 is 10.4 Å². The van der Waals surface area contributed by atoms with E-state index in [4.69, 9.17) is 0 Å². The molecule has 3 aromatic heterocycles. The number of aliphatic hydroxyl groups excluding tert-OH is 1. The molecule has 14 heteroatoms. The summed E-state index contributed by atoms with van der Waals surface area (Å²) in [5.41, 5.74) is -2.08. The highest BCUT2D eigenvalue weighted by atomic mass is 19.4. The second-order valence-corrected chi connectivity index (χ2v) is 8.08. The largest absolute Gasteiger partial charge is 0.408 e. The molecule has 1 saturated heterocycles. The monoisotopic (exact) mass is 511 g/mol. The second-order valence-electron chi connectivity index (χ2n) is 8.08. The summed E-state index contributed by atoms with van der Waals surface area (Å²) in [5.74, 6) is -4.70. The predicted molar refractivity (Wildman–Crippen MR) is 116 cm³/mol. The van der Waals surface area contributed by atoms with Crippen molar-refractivity contribution in [1.29, 1.82) is 0 Å². The Bertz CT molecular complexity index is 1420. The molecule has 0 bridgehead atoms. The number of rotatable bonds is 5. The van der Waals surface area contributed by atoms with E-state index in [-0.39, 0.29) is 29.8 Å². The summed E-state index contributed by atoms with van der Waals surface area (Å²) in [4.78, 5) is 46.9. The van der Waals surface area contributed by atoms with E-state index in [0.29, 0.717) is 12.3 Å². The van der Waals surface area contributed by atoms with Crippen LogP contribution in [-0.2, 0) is 4.79 Å². The summed E-state index contributed by atoms with van der Waals surface area (Å²) in [6.07, 6.45) is -5.01. The van der Waals surface area contributed by atoms with Crippen molar-refractivity contribution < 1.29 is 36.6 Å². The summed E-state index contributed by atoms with van der Waals surface area (Å²) >= 11 is 0. The highest BCUT2D eigenvalue weighted by Gasteiger charge is 2.40. The average Bonchev–Trinajstić information content (AvgIpc) is 3.14. The molecule has 190 valence electrons. The molecule has 3 aromatic rings. The number of alkyl halides is 3. The number of carbonyl (C=O) groups is 2. The van der Waals surface area contributed by atoms with Crippen LogP contribution in [0.5, 0.6) is 0 Å². The van der Waals surface area contributed by atoms with Crippen molar-refractivity contribution >= 4 is 28.7 Å². The van der Waals surface area contributed by atoms with Crippen LogP contribution in [0, 0.1) is 11.6 Å². The number of carbonyl (C=O) groups excluding carboxylic acids is 2. The maximum absolute atomic E-state index is 14.7. The molecular weight excluding hydrogens is 493 g/mol. The normalized spacial score (nSPS) is 17.0. The van der Waals surface area contributed by atoms with Gasteiger partial charge in [0.25, 0.3) is 5.91 Å². The molecule has 4 rings (SSSR count). The van der Waals surface area contributed by atoms with Gasteiger partial charge in [0.15, 0.2) is 17.3 Å². The molecule has 0 aliphatic carbocycles. The lowest BCUT2D eigenvalue weighted by Crippen LogP contribution is -2.46. The van der Waals surface area contributed by atoms with Gasteiger partial charge in [-0.25, -0.2) is 18.7 Å². The van der Waals surface area contributed by atoms with Gasteiger partial charge in [0.1, 0.15) is 23.2 Å². The van der Waals surface area contributed by atoms with Gasteiger partial charge in [-0.1, -0.05) is 6.92 Å². The van der Waals surface area contributed by atoms with E-state index >= 15 is 0 Å². The SMILES string of the molecule is CCC(NC(=O)c1cn(-c2ncc(F)cc2F)c2nc(N3CC(O)CC3=O)ccc2c1=O)C(F)(F)F. The van der Waals surface area contributed by atoms with Crippen LogP contribution < -0.4 is 15.6 Å². The average molecular weight is 511 g/mol. The number of hydrogen-bond acceptors (Lipinski definition) is 6. The molecule has 4 heterocycles. The number of nitrogens with one attached hydrogen (secondary N) is 1. The molecule has 36 heavy (non-hydrogen) atoms. The molecule has 2 amide bonds. The van der Waals surface area contributed by atoms with Gasteiger partial charge in [0.2, 0.25) is 11.3 Å². The number of aromatic nitrogens is 3. The van der Waals surface area contributed by atoms with Crippen molar-refractivity contribution in [3.05, 3.63) is 58.0 Å². The zero-order valence-electron chi connectivity index (χ0n) is 18.5. The Hall–Kier alpha value is -3.94. The third-order valence-electron chi connectivity index (χ3n) is 5.59. The molecule has 0 aromatic carbocycles. The van der Waals surface area contributed by atoms with E-state index < -0.39 is 65.0 Å². The zero-order chi connectivity index (χ0) is 26.4. The molecule has 9 nitrogen and oxygen atoms in total. The molecule has 2 unspecified atom stereocenters. The van der Waals surface area contributed by atoms with Crippen molar-refractivity contribution in [2.24, 2.45) is 0 Å². The highest BCUT2D eigenvalue weighted by Crippen LogP contribution is 2.25. The first-order valence-electron chi connectivity index (χ1n) is 10.6. The molecule has 1 aliphatic heterocycles. The fourth-order valence-corrected chi connectivity index (χ4v) is 3.81. The Kier molecular flexibility index (Phi) is 6.47. The van der Waals surface area contributed by atoms with Crippen LogP contribution in [0.1, 0.15) is 30.1 Å². The predicted octanol–water partition coefficient (Wildman–Crippen LogP) is 2.23. The smallest absolute Gasteiger partial charge is 0.391 e. The first-order valence-corrected chi connectivity index (χ1v) is 10.6. The lowest BCUT2D eigenvalue weighted by atomic mass is 10.1. The van der Waals surface area contributed by atoms with Gasteiger partial charge in [-0.2, -0.15) is 13.2 Å². The van der Waals surface area contributed by atoms with Crippen molar-refractivity contribution in [3.8, 4) is 5.82 Å². The van der Waals surface area contributed by atoms with Crippen molar-refractivity contribution in [2.75, 3.05) is 11.4 Å². The van der Waals surface area contributed by atoms with Crippen LogP contribution in [0.25, 0.3) is 16.9 Å². The molecule has 1 fully saturated rings. The Morgan fingerprint density at radius 2 is 2.00 bits per heavy atom. The van der Waals surface area contributed by atoms with Gasteiger partial charge >= 0.3 is 6.18 Å². The molecule has 2 N–H and O–H groups in total. The summed E-state index contributed by atoms with van der Waals surface area (Å²) in [6, 6.07) is 0.633. The number of β-amino-alcohol motifs (C(OH)–C–C–N with tert-alkyl or cyclic N) is 1. The molecular formula is C22H18F5N5O4. The minimum absolute atomic E-state index is 0.0139. The summed E-state index contributed by atoms with van der Waals surface area (Å²) in [5, 5.41) is 11.2. The number of anilines is 1. The summed E-state index contributed by atoms with van der Waals surface area (Å²) in [6.45, 7) is 1.10. The van der Waals surface area contributed by atoms with E-state index in [9.17, 15) is 41.4 Å². The number of amides is 2. The maximum Gasteiger partial charge on any atom is 0.408 e. The van der Waals surface area contributed by atoms with Gasteiger partial charge in [-0.15, -0.1) is 0 Å². The highest BCUT2D eigenvalue weighted by molar-refractivity contribution is 5.99. The topological polar surface area (TPSA) is 117 Å². The Labute approximate surface area is 199 Å².